The van der Waals surface area contributed by atoms with Gasteiger partial charge in [-0.1, -0.05) is 26.2 Å². The summed E-state index contributed by atoms with van der Waals surface area (Å²) in [5.41, 5.74) is 0. The Bertz CT molecular complexity index is 530. The van der Waals surface area contributed by atoms with E-state index in [1.54, 1.807) is 0 Å². The van der Waals surface area contributed by atoms with Crippen LogP contribution in [0.5, 0.6) is 0 Å². The number of alkyl halides is 3. The Morgan fingerprint density at radius 2 is 1.57 bits per heavy atom. The topological polar surface area (TPSA) is 124 Å². The molecule has 0 aromatic carbocycles. The van der Waals surface area contributed by atoms with Gasteiger partial charge in [0.05, 0.1) is 40.2 Å². The number of likely N-dealkylation sites (N-methyl/N-ethyl adjacent to an activating group) is 1. The third-order valence-corrected chi connectivity index (χ3v) is 3.27. The first-order valence-electron chi connectivity index (χ1n) is 8.74. The Hall–Kier alpha value is -2.17. The number of nitrogens with zero attached hydrogens (tertiary/aromatic N) is 1. The molecule has 0 unspecified atom stereocenters. The van der Waals surface area contributed by atoms with E-state index < -0.39 is 35.8 Å². The third-order valence-electron chi connectivity index (χ3n) is 3.27. The normalized spacial score (nSPS) is 12.4. The van der Waals surface area contributed by atoms with E-state index in [1.807, 2.05) is 21.1 Å². The molecule has 1 atom stereocenters. The molecule has 0 rings (SSSR count). The SMILES string of the molecule is CCCCCCC(=O)C(=O)N[C@H](CC(=O)O)C[N+](C)(C)C.O=C([O-])C(F)(F)F. The summed E-state index contributed by atoms with van der Waals surface area (Å²) in [6.07, 6.45) is -1.37. The predicted molar refractivity (Wildman–Crippen MR) is 91.9 cm³/mol. The Labute approximate surface area is 162 Å². The van der Waals surface area contributed by atoms with Crippen molar-refractivity contribution in [3.05, 3.63) is 0 Å². The number of Topliss-reactive ketones (excluding diaryl/α,β-unsaturated/α-hetero) is 1. The lowest BCUT2D eigenvalue weighted by Gasteiger charge is -2.28. The van der Waals surface area contributed by atoms with Crippen molar-refractivity contribution in [2.45, 2.75) is 57.7 Å². The van der Waals surface area contributed by atoms with Gasteiger partial charge in [-0.15, -0.1) is 0 Å². The molecule has 28 heavy (non-hydrogen) atoms. The number of carboxylic acids is 2. The molecular formula is C17H29F3N2O6. The first kappa shape index (κ1) is 28.0. The molecule has 0 spiro atoms. The summed E-state index contributed by atoms with van der Waals surface area (Å²) in [7, 11) is 5.73. The molecule has 0 heterocycles. The fraction of sp³-hybridized carbons (Fsp3) is 0.765. The van der Waals surface area contributed by atoms with Crippen LogP contribution in [0, 0.1) is 0 Å². The number of quaternary nitrogens is 1. The van der Waals surface area contributed by atoms with Crippen molar-refractivity contribution in [1.82, 2.24) is 5.32 Å². The second-order valence-electron chi connectivity index (χ2n) is 7.26. The molecule has 11 heteroatoms. The monoisotopic (exact) mass is 414 g/mol. The van der Waals surface area contributed by atoms with E-state index in [1.165, 1.54) is 0 Å². The van der Waals surface area contributed by atoms with Crippen LogP contribution < -0.4 is 10.4 Å². The highest BCUT2D eigenvalue weighted by molar-refractivity contribution is 6.36. The molecule has 0 aliphatic heterocycles. The molecule has 0 saturated carbocycles. The van der Waals surface area contributed by atoms with Gasteiger partial charge < -0.3 is 24.8 Å². The Kier molecular flexibility index (Phi) is 13.1. The van der Waals surface area contributed by atoms with E-state index in [4.69, 9.17) is 15.0 Å². The van der Waals surface area contributed by atoms with Crippen LogP contribution in [0.3, 0.4) is 0 Å². The molecule has 0 saturated heterocycles. The number of hydrogen-bond acceptors (Lipinski definition) is 5. The lowest BCUT2D eigenvalue weighted by molar-refractivity contribution is -0.871. The summed E-state index contributed by atoms with van der Waals surface area (Å²) >= 11 is 0. The largest absolute Gasteiger partial charge is 0.542 e. The van der Waals surface area contributed by atoms with Gasteiger partial charge in [0.25, 0.3) is 5.91 Å². The van der Waals surface area contributed by atoms with Gasteiger partial charge in [-0.05, 0) is 6.42 Å². The van der Waals surface area contributed by atoms with Gasteiger partial charge in [-0.2, -0.15) is 13.2 Å². The van der Waals surface area contributed by atoms with Crippen molar-refractivity contribution in [1.29, 1.82) is 0 Å². The molecule has 1 amide bonds. The highest BCUT2D eigenvalue weighted by atomic mass is 19.4. The number of rotatable bonds is 11. The summed E-state index contributed by atoms with van der Waals surface area (Å²) in [6.45, 7) is 2.54. The first-order chi connectivity index (χ1) is 12.6. The van der Waals surface area contributed by atoms with E-state index in [2.05, 4.69) is 12.2 Å². The Morgan fingerprint density at radius 1 is 1.07 bits per heavy atom. The molecular weight excluding hydrogens is 385 g/mol. The number of nitrogens with one attached hydrogen (secondary N) is 1. The number of aliphatic carboxylic acids is 2. The average Bonchev–Trinajstić information content (AvgIpc) is 2.48. The fourth-order valence-corrected chi connectivity index (χ4v) is 2.12. The Morgan fingerprint density at radius 3 is 1.93 bits per heavy atom. The van der Waals surface area contributed by atoms with Crippen LogP contribution in [0.15, 0.2) is 0 Å². The minimum absolute atomic E-state index is 0.176. The average molecular weight is 414 g/mol. The van der Waals surface area contributed by atoms with Crippen molar-refractivity contribution >= 4 is 23.6 Å². The number of halogens is 3. The number of carboxylic acid groups (broad SMARTS) is 2. The minimum atomic E-state index is -5.19. The zero-order valence-electron chi connectivity index (χ0n) is 16.6. The minimum Gasteiger partial charge on any atom is -0.542 e. The molecule has 2 N–H and O–H groups in total. The van der Waals surface area contributed by atoms with Gasteiger partial charge in [0.15, 0.2) is 0 Å². The lowest BCUT2D eigenvalue weighted by atomic mass is 10.1. The van der Waals surface area contributed by atoms with Crippen LogP contribution >= 0.6 is 0 Å². The molecule has 0 aliphatic carbocycles. The number of hydrogen-bond donors (Lipinski definition) is 2. The quantitative estimate of drug-likeness (QED) is 0.288. The zero-order chi connectivity index (χ0) is 22.5. The van der Waals surface area contributed by atoms with Gasteiger partial charge >= 0.3 is 12.1 Å². The molecule has 0 aromatic rings. The number of carbonyl (C=O) groups is 4. The number of ketones is 1. The maximum Gasteiger partial charge on any atom is 0.430 e. The maximum atomic E-state index is 11.8. The van der Waals surface area contributed by atoms with Gasteiger partial charge in [-0.25, -0.2) is 0 Å². The van der Waals surface area contributed by atoms with Crippen LogP contribution in [0.4, 0.5) is 13.2 Å². The van der Waals surface area contributed by atoms with E-state index in [0.717, 1.165) is 19.3 Å². The second kappa shape index (κ2) is 13.1. The zero-order valence-corrected chi connectivity index (χ0v) is 16.6. The van der Waals surface area contributed by atoms with Crippen molar-refractivity contribution in [2.75, 3.05) is 27.7 Å². The fourth-order valence-electron chi connectivity index (χ4n) is 2.12. The highest BCUT2D eigenvalue weighted by Gasteiger charge is 2.29. The Balaban J connectivity index is 0. The van der Waals surface area contributed by atoms with Gasteiger partial charge in [0, 0.05) is 6.42 Å². The van der Waals surface area contributed by atoms with Gasteiger partial charge in [-0.3, -0.25) is 14.4 Å². The number of carbonyl (C=O) groups excluding carboxylic acids is 3. The summed E-state index contributed by atoms with van der Waals surface area (Å²) in [4.78, 5) is 43.2. The molecule has 164 valence electrons. The third kappa shape index (κ3) is 17.3. The summed E-state index contributed by atoms with van der Waals surface area (Å²) in [6, 6.07) is -0.533. The molecule has 0 fully saturated rings. The maximum absolute atomic E-state index is 11.8. The predicted octanol–water partition coefficient (Wildman–Crippen LogP) is 0.490. The van der Waals surface area contributed by atoms with Crippen LogP contribution in [0.2, 0.25) is 0 Å². The summed E-state index contributed by atoms with van der Waals surface area (Å²) in [5, 5.41) is 20.2. The van der Waals surface area contributed by atoms with Crippen molar-refractivity contribution in [3.63, 3.8) is 0 Å². The molecule has 0 aliphatic rings. The van der Waals surface area contributed by atoms with Crippen molar-refractivity contribution < 1.29 is 47.0 Å². The highest BCUT2D eigenvalue weighted by Crippen LogP contribution is 2.11. The van der Waals surface area contributed by atoms with E-state index in [9.17, 15) is 27.6 Å². The van der Waals surface area contributed by atoms with Crippen molar-refractivity contribution in [3.8, 4) is 0 Å². The lowest BCUT2D eigenvalue weighted by Crippen LogP contribution is -2.51. The van der Waals surface area contributed by atoms with Crippen molar-refractivity contribution in [2.24, 2.45) is 0 Å². The second-order valence-corrected chi connectivity index (χ2v) is 7.26. The smallest absolute Gasteiger partial charge is 0.430 e. The number of amides is 1. The van der Waals surface area contributed by atoms with Crippen LogP contribution in [-0.2, 0) is 19.2 Å². The molecule has 8 nitrogen and oxygen atoms in total. The number of unbranched alkanes of at least 4 members (excludes halogenated alkanes) is 3. The molecule has 0 radical (unpaired) electrons. The van der Waals surface area contributed by atoms with E-state index in [-0.39, 0.29) is 12.8 Å². The molecule has 0 bridgehead atoms. The van der Waals surface area contributed by atoms with Crippen LogP contribution in [0.25, 0.3) is 0 Å². The van der Waals surface area contributed by atoms with Gasteiger partial charge in [0.2, 0.25) is 5.78 Å². The van der Waals surface area contributed by atoms with Crippen LogP contribution in [-0.4, -0.2) is 73.1 Å². The van der Waals surface area contributed by atoms with Crippen LogP contribution in [0.1, 0.15) is 45.4 Å². The van der Waals surface area contributed by atoms with E-state index >= 15 is 0 Å². The standard InChI is InChI=1S/C15H28N2O4.C2HF3O2/c1-5-6-7-8-9-13(18)15(21)16-12(10-14(19)20)11-17(2,3)4;3-2(4,5)1(6)7/h12H,5-11H2,1-4H3,(H-,16,19,20,21);(H,6,7)/t12-;/m1./s1. The molecule has 0 aromatic heterocycles. The van der Waals surface area contributed by atoms with Gasteiger partial charge in [0.1, 0.15) is 5.97 Å². The first-order valence-corrected chi connectivity index (χ1v) is 8.74. The summed E-state index contributed by atoms with van der Waals surface area (Å²) in [5.74, 6) is -5.11. The summed E-state index contributed by atoms with van der Waals surface area (Å²) < 4.78 is 32.1. The van der Waals surface area contributed by atoms with E-state index in [0.29, 0.717) is 17.4 Å².